The number of hydrogen-bond acceptors (Lipinski definition) is 3. The third-order valence-electron chi connectivity index (χ3n) is 6.01. The predicted molar refractivity (Wildman–Crippen MR) is 132 cm³/mol. The van der Waals surface area contributed by atoms with Crippen LogP contribution in [0.4, 0.5) is 4.39 Å². The molecule has 0 aliphatic carbocycles. The van der Waals surface area contributed by atoms with Crippen LogP contribution >= 0.6 is 0 Å². The Bertz CT molecular complexity index is 1250. The lowest BCUT2D eigenvalue weighted by Crippen LogP contribution is -2.28. The van der Waals surface area contributed by atoms with Gasteiger partial charge in [0.05, 0.1) is 13.7 Å². The number of carbonyl (C=O) groups is 1. The van der Waals surface area contributed by atoms with E-state index in [1.807, 2.05) is 48.5 Å². The van der Waals surface area contributed by atoms with Gasteiger partial charge in [0.25, 0.3) is 0 Å². The zero-order chi connectivity index (χ0) is 23.9. The Morgan fingerprint density at radius 2 is 1.71 bits per heavy atom. The Hall–Kier alpha value is -3.64. The molecule has 0 unspecified atom stereocenters. The van der Waals surface area contributed by atoms with Gasteiger partial charge >= 0.3 is 0 Å². The van der Waals surface area contributed by atoms with Gasteiger partial charge in [0.1, 0.15) is 11.6 Å². The molecule has 0 aliphatic heterocycles. The van der Waals surface area contributed by atoms with Crippen LogP contribution in [-0.2, 0) is 16.1 Å². The summed E-state index contributed by atoms with van der Waals surface area (Å²) in [5.41, 5.74) is 3.59. The van der Waals surface area contributed by atoms with Crippen LogP contribution in [0, 0.1) is 5.82 Å². The highest BCUT2D eigenvalue weighted by atomic mass is 19.1. The number of fused-ring (bicyclic) bond motifs is 1. The fourth-order valence-corrected chi connectivity index (χ4v) is 4.31. The first-order valence-corrected chi connectivity index (χ1v) is 11.3. The van der Waals surface area contributed by atoms with Crippen LogP contribution in [-0.4, -0.2) is 37.8 Å². The minimum absolute atomic E-state index is 0.140. The fourth-order valence-electron chi connectivity index (χ4n) is 4.31. The van der Waals surface area contributed by atoms with E-state index >= 15 is 0 Å². The summed E-state index contributed by atoms with van der Waals surface area (Å²) in [4.78, 5) is 12.8. The predicted octanol–water partition coefficient (Wildman–Crippen LogP) is 5.12. The Balaban J connectivity index is 1.73. The molecule has 3 aromatic carbocycles. The molecule has 6 heteroatoms. The van der Waals surface area contributed by atoms with Crippen LogP contribution < -0.4 is 10.1 Å². The van der Waals surface area contributed by atoms with Gasteiger partial charge in [0, 0.05) is 49.6 Å². The summed E-state index contributed by atoms with van der Waals surface area (Å²) >= 11 is 0. The van der Waals surface area contributed by atoms with E-state index in [4.69, 9.17) is 9.47 Å². The van der Waals surface area contributed by atoms with Crippen molar-refractivity contribution in [3.05, 3.63) is 102 Å². The SMILES string of the molecule is COCCNC(=O)C[C@@H](c1ccccc1F)c1cn(Cc2ccc(OC)cc2)c2ccccc12. The van der Waals surface area contributed by atoms with Gasteiger partial charge in [-0.05, 0) is 41.0 Å². The summed E-state index contributed by atoms with van der Waals surface area (Å²) in [6.45, 7) is 1.49. The first kappa shape index (κ1) is 23.5. The number of benzene rings is 3. The summed E-state index contributed by atoms with van der Waals surface area (Å²) in [6.07, 6.45) is 2.19. The topological polar surface area (TPSA) is 52.5 Å². The zero-order valence-electron chi connectivity index (χ0n) is 19.5. The number of nitrogens with one attached hydrogen (secondary N) is 1. The lowest BCUT2D eigenvalue weighted by atomic mass is 9.87. The molecular weight excluding hydrogens is 431 g/mol. The smallest absolute Gasteiger partial charge is 0.221 e. The average molecular weight is 461 g/mol. The van der Waals surface area contributed by atoms with Crippen molar-refractivity contribution in [2.75, 3.05) is 27.4 Å². The highest BCUT2D eigenvalue weighted by molar-refractivity contribution is 5.86. The van der Waals surface area contributed by atoms with E-state index in [-0.39, 0.29) is 18.1 Å². The molecule has 0 saturated heterocycles. The second kappa shape index (κ2) is 11.0. The molecule has 1 N–H and O–H groups in total. The molecule has 1 aromatic heterocycles. The molecule has 0 spiro atoms. The standard InChI is InChI=1S/C28H29FN2O3/c1-33-16-15-30-28(32)17-24(22-7-3-5-9-26(22)29)25-19-31(27-10-6-4-8-23(25)27)18-20-11-13-21(34-2)14-12-20/h3-14,19,24H,15-18H2,1-2H3,(H,30,32)/t24-/m0/s1. The zero-order valence-corrected chi connectivity index (χ0v) is 19.5. The van der Waals surface area contributed by atoms with Gasteiger partial charge in [0.2, 0.25) is 5.91 Å². The lowest BCUT2D eigenvalue weighted by Gasteiger charge is -2.18. The van der Waals surface area contributed by atoms with E-state index in [2.05, 4.69) is 22.1 Å². The van der Waals surface area contributed by atoms with Gasteiger partial charge in [-0.1, -0.05) is 48.5 Å². The molecule has 0 radical (unpaired) electrons. The summed E-state index contributed by atoms with van der Waals surface area (Å²) in [7, 11) is 3.24. The molecular formula is C28H29FN2O3. The van der Waals surface area contributed by atoms with Crippen molar-refractivity contribution in [3.63, 3.8) is 0 Å². The molecule has 4 rings (SSSR count). The third kappa shape index (κ3) is 5.29. The molecule has 1 heterocycles. The largest absolute Gasteiger partial charge is 0.497 e. The highest BCUT2D eigenvalue weighted by Gasteiger charge is 2.25. The Morgan fingerprint density at radius 3 is 2.44 bits per heavy atom. The van der Waals surface area contributed by atoms with E-state index in [9.17, 15) is 9.18 Å². The van der Waals surface area contributed by atoms with E-state index in [1.165, 1.54) is 6.07 Å². The normalized spacial score (nSPS) is 12.0. The van der Waals surface area contributed by atoms with Gasteiger partial charge in [0.15, 0.2) is 0 Å². The van der Waals surface area contributed by atoms with Crippen molar-refractivity contribution in [1.82, 2.24) is 9.88 Å². The van der Waals surface area contributed by atoms with E-state index in [0.29, 0.717) is 25.3 Å². The lowest BCUT2D eigenvalue weighted by molar-refractivity contribution is -0.121. The Labute approximate surface area is 199 Å². The third-order valence-corrected chi connectivity index (χ3v) is 6.01. The minimum Gasteiger partial charge on any atom is -0.497 e. The van der Waals surface area contributed by atoms with Crippen LogP contribution in [0.5, 0.6) is 5.75 Å². The van der Waals surface area contributed by atoms with E-state index in [0.717, 1.165) is 27.8 Å². The molecule has 176 valence electrons. The molecule has 0 saturated carbocycles. The first-order valence-electron chi connectivity index (χ1n) is 11.3. The molecule has 4 aromatic rings. The Kier molecular flexibility index (Phi) is 7.60. The summed E-state index contributed by atoms with van der Waals surface area (Å²) < 4.78 is 27.4. The first-order chi connectivity index (χ1) is 16.6. The van der Waals surface area contributed by atoms with Crippen molar-refractivity contribution in [1.29, 1.82) is 0 Å². The number of aromatic nitrogens is 1. The van der Waals surface area contributed by atoms with Crippen molar-refractivity contribution in [2.45, 2.75) is 18.9 Å². The monoisotopic (exact) mass is 460 g/mol. The molecule has 0 fully saturated rings. The molecule has 5 nitrogen and oxygen atoms in total. The average Bonchev–Trinajstić information content (AvgIpc) is 3.22. The summed E-state index contributed by atoms with van der Waals surface area (Å²) in [5.74, 6) is -0.0758. The maximum Gasteiger partial charge on any atom is 0.221 e. The number of rotatable bonds is 10. The number of hydrogen-bond donors (Lipinski definition) is 1. The van der Waals surface area contributed by atoms with Gasteiger partial charge in [-0.25, -0.2) is 4.39 Å². The van der Waals surface area contributed by atoms with Crippen LogP contribution in [0.1, 0.15) is 29.0 Å². The molecule has 1 atom stereocenters. The second-order valence-electron chi connectivity index (χ2n) is 8.20. The van der Waals surface area contributed by atoms with Crippen LogP contribution in [0.2, 0.25) is 0 Å². The Morgan fingerprint density at radius 1 is 0.971 bits per heavy atom. The van der Waals surface area contributed by atoms with Gasteiger partial charge < -0.3 is 19.4 Å². The minimum atomic E-state index is -0.425. The number of nitrogens with zero attached hydrogens (tertiary/aromatic N) is 1. The molecule has 34 heavy (non-hydrogen) atoms. The highest BCUT2D eigenvalue weighted by Crippen LogP contribution is 2.36. The molecule has 1 amide bonds. The maximum absolute atomic E-state index is 14.9. The maximum atomic E-state index is 14.9. The van der Waals surface area contributed by atoms with Crippen LogP contribution in [0.25, 0.3) is 10.9 Å². The van der Waals surface area contributed by atoms with Gasteiger partial charge in [-0.15, -0.1) is 0 Å². The number of para-hydroxylation sites is 1. The summed E-state index contributed by atoms with van der Waals surface area (Å²) in [5, 5.41) is 3.88. The van der Waals surface area contributed by atoms with Crippen molar-refractivity contribution < 1.29 is 18.7 Å². The second-order valence-corrected chi connectivity index (χ2v) is 8.20. The number of methoxy groups -OCH3 is 2. The molecule has 0 aliphatic rings. The number of ether oxygens (including phenoxy) is 2. The van der Waals surface area contributed by atoms with Crippen LogP contribution in [0.3, 0.4) is 0 Å². The number of amides is 1. The number of halogens is 1. The summed E-state index contributed by atoms with van der Waals surface area (Å²) in [6, 6.07) is 22.7. The van der Waals surface area contributed by atoms with E-state index in [1.54, 1.807) is 26.4 Å². The van der Waals surface area contributed by atoms with Gasteiger partial charge in [-0.2, -0.15) is 0 Å². The van der Waals surface area contributed by atoms with Crippen molar-refractivity contribution >= 4 is 16.8 Å². The van der Waals surface area contributed by atoms with Crippen molar-refractivity contribution in [2.24, 2.45) is 0 Å². The number of carbonyl (C=O) groups excluding carboxylic acids is 1. The quantitative estimate of drug-likeness (QED) is 0.334. The van der Waals surface area contributed by atoms with Crippen molar-refractivity contribution in [3.8, 4) is 5.75 Å². The van der Waals surface area contributed by atoms with Gasteiger partial charge in [-0.3, -0.25) is 4.79 Å². The van der Waals surface area contributed by atoms with E-state index < -0.39 is 5.92 Å². The fraction of sp³-hybridized carbons (Fsp3) is 0.250. The van der Waals surface area contributed by atoms with Crippen LogP contribution in [0.15, 0.2) is 79.0 Å². The molecule has 0 bridgehead atoms.